The summed E-state index contributed by atoms with van der Waals surface area (Å²) < 4.78 is 13.2. The maximum atomic E-state index is 11.6. The minimum atomic E-state index is -0.594. The van der Waals surface area contributed by atoms with Gasteiger partial charge in [-0.2, -0.15) is 5.26 Å². The lowest BCUT2D eigenvalue weighted by Gasteiger charge is -2.18. The Morgan fingerprint density at radius 3 is 2.53 bits per heavy atom. The maximum Gasteiger partial charge on any atom is 0.220 e. The first-order valence-corrected chi connectivity index (χ1v) is 11.9. The van der Waals surface area contributed by atoms with Gasteiger partial charge in [-0.25, -0.2) is 0 Å². The van der Waals surface area contributed by atoms with Gasteiger partial charge in [-0.3, -0.25) is 14.7 Å². The highest BCUT2D eigenvalue weighted by atomic mass is 32.2. The number of rotatable bonds is 10. The van der Waals surface area contributed by atoms with Crippen LogP contribution >= 0.6 is 11.8 Å². The molecule has 9 nitrogen and oxygen atoms in total. The van der Waals surface area contributed by atoms with Gasteiger partial charge in [0.2, 0.25) is 6.54 Å². The molecule has 0 spiro atoms. The molecule has 0 aliphatic heterocycles. The van der Waals surface area contributed by atoms with Crippen LogP contribution < -0.4 is 9.47 Å². The molecule has 1 heterocycles. The van der Waals surface area contributed by atoms with Crippen LogP contribution in [-0.2, 0) is 6.61 Å². The van der Waals surface area contributed by atoms with Crippen LogP contribution in [0.2, 0.25) is 0 Å². The Morgan fingerprint density at radius 1 is 1.08 bits per heavy atom. The van der Waals surface area contributed by atoms with E-state index in [2.05, 4.69) is 16.3 Å². The summed E-state index contributed by atoms with van der Waals surface area (Å²) in [6.07, 6.45) is 0. The molecule has 0 fully saturated rings. The maximum absolute atomic E-state index is 11.6. The second-order valence-corrected chi connectivity index (χ2v) is 8.95. The largest absolute Gasteiger partial charge is 0.497 e. The van der Waals surface area contributed by atoms with Crippen LogP contribution in [-0.4, -0.2) is 33.3 Å². The number of hydrogen-bond acceptors (Lipinski definition) is 8. The van der Waals surface area contributed by atoms with Gasteiger partial charge in [0, 0.05) is 21.7 Å². The van der Waals surface area contributed by atoms with Crippen molar-refractivity contribution >= 4 is 11.8 Å². The van der Waals surface area contributed by atoms with Crippen LogP contribution in [0.5, 0.6) is 11.5 Å². The molecule has 0 saturated heterocycles. The van der Waals surface area contributed by atoms with Gasteiger partial charge in [0.15, 0.2) is 5.16 Å². The third-order valence-corrected chi connectivity index (χ3v) is 6.64. The first kappa shape index (κ1) is 24.8. The monoisotopic (exact) mass is 501 g/mol. The average Bonchev–Trinajstić information content (AvgIpc) is 3.26. The summed E-state index contributed by atoms with van der Waals surface area (Å²) in [5, 5.41) is 29.4. The number of ether oxygens (including phenoxy) is 2. The molecule has 1 atom stereocenters. The molecular formula is C26H23N5O4S. The van der Waals surface area contributed by atoms with E-state index < -0.39 is 5.25 Å². The molecule has 0 aliphatic rings. The van der Waals surface area contributed by atoms with Gasteiger partial charge in [-0.15, -0.1) is 10.2 Å². The molecule has 3 aromatic carbocycles. The molecule has 0 aliphatic carbocycles. The first-order valence-electron chi connectivity index (χ1n) is 11.0. The van der Waals surface area contributed by atoms with Crippen molar-refractivity contribution in [2.45, 2.75) is 23.9 Å². The zero-order valence-electron chi connectivity index (χ0n) is 19.7. The molecule has 182 valence electrons. The van der Waals surface area contributed by atoms with Crippen molar-refractivity contribution in [2.75, 3.05) is 13.7 Å². The summed E-state index contributed by atoms with van der Waals surface area (Å²) in [6, 6.07) is 24.0. The van der Waals surface area contributed by atoms with Crippen LogP contribution in [0.1, 0.15) is 27.8 Å². The number of nitro groups is 1. The summed E-state index contributed by atoms with van der Waals surface area (Å²) in [7, 11) is 1.60. The normalized spacial score (nSPS) is 11.5. The van der Waals surface area contributed by atoms with Gasteiger partial charge in [-0.05, 0) is 43.3 Å². The number of nitrogens with zero attached hydrogens (tertiary/aromatic N) is 5. The highest BCUT2D eigenvalue weighted by Gasteiger charge is 2.26. The molecule has 0 bridgehead atoms. The van der Waals surface area contributed by atoms with Crippen molar-refractivity contribution in [2.24, 2.45) is 0 Å². The highest BCUT2D eigenvalue weighted by Crippen LogP contribution is 2.40. The fourth-order valence-corrected chi connectivity index (χ4v) is 4.90. The van der Waals surface area contributed by atoms with Crippen LogP contribution in [0.25, 0.3) is 5.69 Å². The SMILES string of the molecule is COc1ccc(-n2c(C)nnc2S[C@H](C[N+](=O)[O-])c2ccccc2OCc2ccccc2C#N)cc1. The number of nitriles is 1. The molecule has 0 saturated carbocycles. The topological polar surface area (TPSA) is 116 Å². The van der Waals surface area contributed by atoms with Crippen molar-refractivity contribution in [3.8, 4) is 23.3 Å². The Bertz CT molecular complexity index is 1400. The van der Waals surface area contributed by atoms with Crippen molar-refractivity contribution in [3.63, 3.8) is 0 Å². The van der Waals surface area contributed by atoms with E-state index in [0.717, 1.165) is 11.3 Å². The Morgan fingerprint density at radius 2 is 1.81 bits per heavy atom. The molecule has 0 radical (unpaired) electrons. The third-order valence-electron chi connectivity index (χ3n) is 5.48. The van der Waals surface area contributed by atoms with Crippen LogP contribution in [0.15, 0.2) is 78.0 Å². The van der Waals surface area contributed by atoms with Crippen molar-refractivity contribution < 1.29 is 14.4 Å². The van der Waals surface area contributed by atoms with E-state index in [-0.39, 0.29) is 18.1 Å². The molecule has 0 N–H and O–H groups in total. The van der Waals surface area contributed by atoms with Gasteiger partial charge in [0.1, 0.15) is 29.2 Å². The summed E-state index contributed by atoms with van der Waals surface area (Å²) in [5.74, 6) is 1.88. The van der Waals surface area contributed by atoms with E-state index in [1.165, 1.54) is 11.8 Å². The molecule has 0 amide bonds. The lowest BCUT2D eigenvalue weighted by atomic mass is 10.1. The summed E-state index contributed by atoms with van der Waals surface area (Å²) in [4.78, 5) is 11.3. The van der Waals surface area contributed by atoms with Gasteiger partial charge in [0.05, 0.1) is 18.7 Å². The van der Waals surface area contributed by atoms with Gasteiger partial charge < -0.3 is 9.47 Å². The van der Waals surface area contributed by atoms with Crippen molar-refractivity contribution in [3.05, 3.63) is 105 Å². The lowest BCUT2D eigenvalue weighted by Crippen LogP contribution is -2.12. The van der Waals surface area contributed by atoms with Gasteiger partial charge in [0.25, 0.3) is 0 Å². The molecule has 4 rings (SSSR count). The van der Waals surface area contributed by atoms with Gasteiger partial charge in [-0.1, -0.05) is 48.2 Å². The number of benzene rings is 3. The Balaban J connectivity index is 1.65. The van der Waals surface area contributed by atoms with Crippen molar-refractivity contribution in [1.82, 2.24) is 14.8 Å². The fraction of sp³-hybridized carbons (Fsp3) is 0.192. The standard InChI is InChI=1S/C26H23N5O4S/c1-18-28-29-26(31(18)21-11-13-22(34-2)14-12-21)36-25(16-30(32)33)23-9-5-6-10-24(23)35-17-20-8-4-3-7-19(20)15-27/h3-14,25H,16-17H2,1-2H3/t25-/m1/s1. The number of hydrogen-bond donors (Lipinski definition) is 0. The summed E-state index contributed by atoms with van der Waals surface area (Å²) >= 11 is 1.25. The second-order valence-electron chi connectivity index (χ2n) is 7.78. The average molecular weight is 502 g/mol. The minimum absolute atomic E-state index is 0.164. The van der Waals surface area contributed by atoms with E-state index >= 15 is 0 Å². The number of para-hydroxylation sites is 1. The Hall–Kier alpha value is -4.36. The molecule has 1 aromatic heterocycles. The highest BCUT2D eigenvalue weighted by molar-refractivity contribution is 7.99. The van der Waals surface area contributed by atoms with Crippen LogP contribution in [0.4, 0.5) is 0 Å². The number of aryl methyl sites for hydroxylation is 1. The summed E-state index contributed by atoms with van der Waals surface area (Å²) in [5.41, 5.74) is 2.74. The minimum Gasteiger partial charge on any atom is -0.497 e. The number of methoxy groups -OCH3 is 1. The van der Waals surface area contributed by atoms with E-state index in [0.29, 0.717) is 33.6 Å². The fourth-order valence-electron chi connectivity index (χ4n) is 3.70. The Kier molecular flexibility index (Phi) is 7.82. The molecule has 4 aromatic rings. The van der Waals surface area contributed by atoms with Crippen LogP contribution in [0, 0.1) is 28.4 Å². The quantitative estimate of drug-likeness (QED) is 0.166. The van der Waals surface area contributed by atoms with E-state index in [1.54, 1.807) is 25.3 Å². The molecule has 0 unspecified atom stereocenters. The predicted octanol–water partition coefficient (Wildman–Crippen LogP) is 5.15. The predicted molar refractivity (Wildman–Crippen MR) is 135 cm³/mol. The van der Waals surface area contributed by atoms with E-state index in [9.17, 15) is 15.4 Å². The van der Waals surface area contributed by atoms with Crippen LogP contribution in [0.3, 0.4) is 0 Å². The van der Waals surface area contributed by atoms with Gasteiger partial charge >= 0.3 is 0 Å². The third kappa shape index (κ3) is 5.64. The molecule has 10 heteroatoms. The number of aromatic nitrogens is 3. The van der Waals surface area contributed by atoms with E-state index in [1.807, 2.05) is 66.1 Å². The summed E-state index contributed by atoms with van der Waals surface area (Å²) in [6.45, 7) is 1.65. The number of thioether (sulfide) groups is 1. The zero-order chi connectivity index (χ0) is 25.5. The van der Waals surface area contributed by atoms with Crippen molar-refractivity contribution in [1.29, 1.82) is 5.26 Å². The second kappa shape index (κ2) is 11.4. The first-order chi connectivity index (χ1) is 17.5. The zero-order valence-corrected chi connectivity index (χ0v) is 20.5. The van der Waals surface area contributed by atoms with E-state index in [4.69, 9.17) is 9.47 Å². The molecular weight excluding hydrogens is 478 g/mol. The lowest BCUT2D eigenvalue weighted by molar-refractivity contribution is -0.479. The molecule has 36 heavy (non-hydrogen) atoms. The Labute approximate surface area is 212 Å². The smallest absolute Gasteiger partial charge is 0.220 e.